The van der Waals surface area contributed by atoms with Crippen LogP contribution in [0.3, 0.4) is 0 Å². The van der Waals surface area contributed by atoms with Gasteiger partial charge in [-0.15, -0.1) is 0 Å². The first-order valence-electron chi connectivity index (χ1n) is 8.46. The van der Waals surface area contributed by atoms with E-state index in [1.165, 1.54) is 11.6 Å². The maximum Gasteiger partial charge on any atom is 0.270 e. The lowest BCUT2D eigenvalue weighted by molar-refractivity contribution is 0.0934. The second kappa shape index (κ2) is 6.59. The van der Waals surface area contributed by atoms with E-state index in [9.17, 15) is 9.59 Å². The lowest BCUT2D eigenvalue weighted by atomic mass is 9.99. The van der Waals surface area contributed by atoms with Crippen molar-refractivity contribution in [3.8, 4) is 0 Å². The molecule has 1 aromatic heterocycles. The van der Waals surface area contributed by atoms with E-state index in [0.717, 1.165) is 18.4 Å². The van der Waals surface area contributed by atoms with Crippen LogP contribution < -0.4 is 10.9 Å². The van der Waals surface area contributed by atoms with E-state index in [2.05, 4.69) is 41.3 Å². The van der Waals surface area contributed by atoms with Crippen molar-refractivity contribution in [2.75, 3.05) is 0 Å². The Bertz CT molecular complexity index is 789. The predicted octanol–water partition coefficient (Wildman–Crippen LogP) is 3.26. The summed E-state index contributed by atoms with van der Waals surface area (Å²) < 4.78 is 0. The highest BCUT2D eigenvalue weighted by atomic mass is 16.2. The zero-order valence-corrected chi connectivity index (χ0v) is 14.3. The maximum absolute atomic E-state index is 12.4. The number of hydrogen-bond acceptors (Lipinski definition) is 3. The van der Waals surface area contributed by atoms with Crippen molar-refractivity contribution >= 4 is 5.91 Å². The minimum absolute atomic E-state index is 0.149. The van der Waals surface area contributed by atoms with Crippen LogP contribution in [0.2, 0.25) is 0 Å². The van der Waals surface area contributed by atoms with Gasteiger partial charge in [-0.05, 0) is 36.8 Å². The molecular formula is C19H23N3O2. The first kappa shape index (κ1) is 16.4. The molecular weight excluding hydrogens is 302 g/mol. The molecule has 126 valence electrons. The molecule has 3 rings (SSSR count). The molecule has 1 amide bonds. The van der Waals surface area contributed by atoms with E-state index in [1.807, 2.05) is 19.1 Å². The Kier molecular flexibility index (Phi) is 4.51. The third kappa shape index (κ3) is 3.72. The standard InChI is InChI=1S/C19H23N3O2/c1-11(2)13-4-6-14(7-5-13)12(3)20-19(24)16-10-17(23)22-18(21-16)15-8-9-15/h4-7,10-12,15H,8-9H2,1-3H3,(H,20,24)(H,21,22,23)/t12-/m1/s1. The Morgan fingerprint density at radius 1 is 1.17 bits per heavy atom. The number of benzene rings is 1. The molecule has 1 atom stereocenters. The largest absolute Gasteiger partial charge is 0.344 e. The average Bonchev–Trinajstić information content (AvgIpc) is 3.39. The smallest absolute Gasteiger partial charge is 0.270 e. The highest BCUT2D eigenvalue weighted by Crippen LogP contribution is 2.37. The van der Waals surface area contributed by atoms with E-state index in [0.29, 0.717) is 17.7 Å². The Labute approximate surface area is 141 Å². The summed E-state index contributed by atoms with van der Waals surface area (Å²) in [5, 5.41) is 2.92. The normalized spacial score (nSPS) is 15.3. The third-order valence-corrected chi connectivity index (χ3v) is 4.41. The van der Waals surface area contributed by atoms with E-state index in [-0.39, 0.29) is 23.2 Å². The molecule has 1 heterocycles. The summed E-state index contributed by atoms with van der Waals surface area (Å²) in [5.74, 6) is 1.08. The fourth-order valence-electron chi connectivity index (χ4n) is 2.67. The van der Waals surface area contributed by atoms with Crippen LogP contribution in [0.1, 0.15) is 78.9 Å². The summed E-state index contributed by atoms with van der Waals surface area (Å²) >= 11 is 0. The predicted molar refractivity (Wildman–Crippen MR) is 93.2 cm³/mol. The minimum Gasteiger partial charge on any atom is -0.344 e. The topological polar surface area (TPSA) is 74.8 Å². The molecule has 0 spiro atoms. The lowest BCUT2D eigenvalue weighted by Crippen LogP contribution is -2.29. The Morgan fingerprint density at radius 2 is 1.79 bits per heavy atom. The number of hydrogen-bond donors (Lipinski definition) is 2. The molecule has 1 fully saturated rings. The molecule has 0 aliphatic heterocycles. The molecule has 2 N–H and O–H groups in total. The summed E-state index contributed by atoms with van der Waals surface area (Å²) in [7, 11) is 0. The molecule has 1 saturated carbocycles. The van der Waals surface area contributed by atoms with Crippen LogP contribution in [0.4, 0.5) is 0 Å². The fourth-order valence-corrected chi connectivity index (χ4v) is 2.67. The number of carbonyl (C=O) groups excluding carboxylic acids is 1. The van der Waals surface area contributed by atoms with Crippen molar-refractivity contribution in [2.24, 2.45) is 0 Å². The van der Waals surface area contributed by atoms with Gasteiger partial charge >= 0.3 is 0 Å². The van der Waals surface area contributed by atoms with Gasteiger partial charge in [0.2, 0.25) is 0 Å². The van der Waals surface area contributed by atoms with Gasteiger partial charge in [0.25, 0.3) is 11.5 Å². The summed E-state index contributed by atoms with van der Waals surface area (Å²) in [5.41, 5.74) is 2.21. The molecule has 0 radical (unpaired) electrons. The van der Waals surface area contributed by atoms with Gasteiger partial charge in [0.05, 0.1) is 6.04 Å². The second-order valence-electron chi connectivity index (χ2n) is 6.81. The zero-order valence-electron chi connectivity index (χ0n) is 14.3. The van der Waals surface area contributed by atoms with Crippen LogP contribution in [-0.4, -0.2) is 15.9 Å². The fraction of sp³-hybridized carbons (Fsp3) is 0.421. The summed E-state index contributed by atoms with van der Waals surface area (Å²) in [4.78, 5) is 31.2. The molecule has 1 aliphatic rings. The van der Waals surface area contributed by atoms with Crippen LogP contribution in [0, 0.1) is 0 Å². The number of amides is 1. The molecule has 24 heavy (non-hydrogen) atoms. The molecule has 5 nitrogen and oxygen atoms in total. The van der Waals surface area contributed by atoms with Gasteiger partial charge < -0.3 is 10.3 Å². The number of rotatable bonds is 5. The van der Waals surface area contributed by atoms with Gasteiger partial charge in [0.1, 0.15) is 11.5 Å². The second-order valence-corrected chi connectivity index (χ2v) is 6.81. The van der Waals surface area contributed by atoms with Crippen molar-refractivity contribution in [3.63, 3.8) is 0 Å². The van der Waals surface area contributed by atoms with Crippen molar-refractivity contribution in [1.29, 1.82) is 0 Å². The quantitative estimate of drug-likeness (QED) is 0.886. The van der Waals surface area contributed by atoms with Crippen LogP contribution in [0.25, 0.3) is 0 Å². The van der Waals surface area contributed by atoms with Crippen molar-refractivity contribution in [1.82, 2.24) is 15.3 Å². The molecule has 1 aromatic carbocycles. The van der Waals surface area contributed by atoms with Crippen LogP contribution in [0.15, 0.2) is 35.1 Å². The highest BCUT2D eigenvalue weighted by Gasteiger charge is 2.27. The number of nitrogens with zero attached hydrogens (tertiary/aromatic N) is 1. The Morgan fingerprint density at radius 3 is 2.38 bits per heavy atom. The van der Waals surface area contributed by atoms with Crippen LogP contribution in [0.5, 0.6) is 0 Å². The van der Waals surface area contributed by atoms with E-state index in [1.54, 1.807) is 0 Å². The van der Waals surface area contributed by atoms with Crippen molar-refractivity contribution in [2.45, 2.75) is 51.5 Å². The first-order chi connectivity index (χ1) is 11.4. The average molecular weight is 325 g/mol. The van der Waals surface area contributed by atoms with Crippen molar-refractivity contribution < 1.29 is 4.79 Å². The summed E-state index contributed by atoms with van der Waals surface area (Å²) in [6.07, 6.45) is 2.04. The molecule has 5 heteroatoms. The molecule has 0 saturated heterocycles. The number of aromatic nitrogens is 2. The maximum atomic E-state index is 12.4. The van der Waals surface area contributed by atoms with Gasteiger partial charge in [0, 0.05) is 12.0 Å². The van der Waals surface area contributed by atoms with Gasteiger partial charge in [-0.25, -0.2) is 4.98 Å². The third-order valence-electron chi connectivity index (χ3n) is 4.41. The van der Waals surface area contributed by atoms with Gasteiger partial charge in [-0.3, -0.25) is 9.59 Å². The van der Waals surface area contributed by atoms with Crippen LogP contribution in [-0.2, 0) is 0 Å². The highest BCUT2D eigenvalue weighted by molar-refractivity contribution is 5.92. The molecule has 2 aromatic rings. The summed E-state index contributed by atoms with van der Waals surface area (Å²) in [6.45, 7) is 6.23. The molecule has 0 bridgehead atoms. The molecule has 0 unspecified atom stereocenters. The van der Waals surface area contributed by atoms with Gasteiger partial charge in [-0.1, -0.05) is 38.1 Å². The van der Waals surface area contributed by atoms with E-state index < -0.39 is 0 Å². The van der Waals surface area contributed by atoms with E-state index >= 15 is 0 Å². The number of carbonyl (C=O) groups is 1. The zero-order chi connectivity index (χ0) is 17.3. The number of aromatic amines is 1. The summed E-state index contributed by atoms with van der Waals surface area (Å²) in [6, 6.07) is 9.33. The molecule has 1 aliphatic carbocycles. The van der Waals surface area contributed by atoms with Crippen molar-refractivity contribution in [3.05, 3.63) is 63.3 Å². The Hall–Kier alpha value is -2.43. The number of H-pyrrole nitrogens is 1. The Balaban J connectivity index is 1.73. The SMILES string of the molecule is CC(C)c1ccc([C@@H](C)NC(=O)c2cc(=O)[nH]c(C3CC3)n2)cc1. The van der Waals surface area contributed by atoms with Gasteiger partial charge in [0.15, 0.2) is 0 Å². The minimum atomic E-state index is -0.316. The lowest BCUT2D eigenvalue weighted by Gasteiger charge is -2.15. The first-order valence-corrected chi connectivity index (χ1v) is 8.46. The van der Waals surface area contributed by atoms with E-state index in [4.69, 9.17) is 0 Å². The van der Waals surface area contributed by atoms with Gasteiger partial charge in [-0.2, -0.15) is 0 Å². The monoisotopic (exact) mass is 325 g/mol. The van der Waals surface area contributed by atoms with Crippen LogP contribution >= 0.6 is 0 Å². The number of nitrogens with one attached hydrogen (secondary N) is 2.